The molecule has 0 aromatic heterocycles. The molecule has 27 heavy (non-hydrogen) atoms. The molecule has 0 amide bonds. The lowest BCUT2D eigenvalue weighted by molar-refractivity contribution is 0.715. The van der Waals surface area contributed by atoms with E-state index in [2.05, 4.69) is 98.8 Å². The summed E-state index contributed by atoms with van der Waals surface area (Å²) in [6.07, 6.45) is 5.83. The quantitative estimate of drug-likeness (QED) is 0.479. The van der Waals surface area contributed by atoms with Gasteiger partial charge in [0.15, 0.2) is 0 Å². The number of hydrogen-bond acceptors (Lipinski definition) is 0. The summed E-state index contributed by atoms with van der Waals surface area (Å²) < 4.78 is 0. The van der Waals surface area contributed by atoms with Gasteiger partial charge in [0.1, 0.15) is 0 Å². The zero-order valence-corrected chi connectivity index (χ0v) is 15.9. The molecule has 2 aliphatic carbocycles. The van der Waals surface area contributed by atoms with Gasteiger partial charge >= 0.3 is 0 Å². The molecule has 132 valence electrons. The van der Waals surface area contributed by atoms with E-state index in [0.717, 1.165) is 6.42 Å². The molecule has 0 heterocycles. The van der Waals surface area contributed by atoms with Gasteiger partial charge in [0.2, 0.25) is 0 Å². The Labute approximate surface area is 161 Å². The molecule has 3 aromatic rings. The van der Waals surface area contributed by atoms with Crippen molar-refractivity contribution in [1.82, 2.24) is 0 Å². The largest absolute Gasteiger partial charge is 0.0619 e. The average molecular weight is 348 g/mol. The van der Waals surface area contributed by atoms with Crippen molar-refractivity contribution < 1.29 is 0 Å². The molecule has 2 aliphatic rings. The molecule has 0 saturated carbocycles. The summed E-state index contributed by atoms with van der Waals surface area (Å²) in [6, 6.07) is 26.7. The fourth-order valence-electron chi connectivity index (χ4n) is 4.69. The van der Waals surface area contributed by atoms with Crippen LogP contribution in [-0.2, 0) is 6.42 Å². The van der Waals surface area contributed by atoms with Crippen LogP contribution in [0.25, 0.3) is 17.7 Å². The average Bonchev–Trinajstić information content (AvgIpc) is 3.29. The SMILES string of the molecule is CC(C)C1=Cc2ccccc2C1c1ccccc1C1=Cc2ccccc2C1. The van der Waals surface area contributed by atoms with E-state index in [-0.39, 0.29) is 0 Å². The van der Waals surface area contributed by atoms with Crippen LogP contribution in [-0.4, -0.2) is 0 Å². The summed E-state index contributed by atoms with van der Waals surface area (Å²) >= 11 is 0. The van der Waals surface area contributed by atoms with E-state index in [4.69, 9.17) is 0 Å². The number of hydrogen-bond donors (Lipinski definition) is 0. The number of rotatable bonds is 3. The highest BCUT2D eigenvalue weighted by Gasteiger charge is 2.30. The van der Waals surface area contributed by atoms with Gasteiger partial charge < -0.3 is 0 Å². The van der Waals surface area contributed by atoms with E-state index in [1.165, 1.54) is 44.5 Å². The highest BCUT2D eigenvalue weighted by molar-refractivity contribution is 5.90. The van der Waals surface area contributed by atoms with Gasteiger partial charge in [-0.3, -0.25) is 0 Å². The van der Waals surface area contributed by atoms with Crippen LogP contribution in [0.4, 0.5) is 0 Å². The molecule has 0 saturated heterocycles. The predicted molar refractivity (Wildman–Crippen MR) is 116 cm³/mol. The van der Waals surface area contributed by atoms with Gasteiger partial charge in [-0.1, -0.05) is 104 Å². The van der Waals surface area contributed by atoms with Crippen LogP contribution in [0.2, 0.25) is 0 Å². The molecule has 0 fully saturated rings. The van der Waals surface area contributed by atoms with E-state index in [0.29, 0.717) is 11.8 Å². The Balaban J connectivity index is 1.65. The van der Waals surface area contributed by atoms with E-state index in [9.17, 15) is 0 Å². The molecule has 0 heteroatoms. The van der Waals surface area contributed by atoms with Gasteiger partial charge in [-0.15, -0.1) is 0 Å². The second-order valence-electron chi connectivity index (χ2n) is 7.99. The molecular weight excluding hydrogens is 324 g/mol. The zero-order chi connectivity index (χ0) is 18.4. The Morgan fingerprint density at radius 3 is 2.15 bits per heavy atom. The Hall–Kier alpha value is -2.86. The van der Waals surface area contributed by atoms with E-state index in [1.54, 1.807) is 0 Å². The summed E-state index contributed by atoms with van der Waals surface area (Å²) in [5.74, 6) is 0.896. The third-order valence-corrected chi connectivity index (χ3v) is 6.01. The summed E-state index contributed by atoms with van der Waals surface area (Å²) in [6.45, 7) is 4.63. The molecule has 0 radical (unpaired) electrons. The van der Waals surface area contributed by atoms with Crippen LogP contribution >= 0.6 is 0 Å². The van der Waals surface area contributed by atoms with Crippen LogP contribution in [0.5, 0.6) is 0 Å². The van der Waals surface area contributed by atoms with Gasteiger partial charge in [-0.05, 0) is 51.3 Å². The molecule has 0 N–H and O–H groups in total. The van der Waals surface area contributed by atoms with Gasteiger partial charge in [-0.25, -0.2) is 0 Å². The van der Waals surface area contributed by atoms with Gasteiger partial charge in [0.05, 0.1) is 0 Å². The molecule has 0 aliphatic heterocycles. The predicted octanol–water partition coefficient (Wildman–Crippen LogP) is 6.97. The molecule has 0 bridgehead atoms. The first-order valence-corrected chi connectivity index (χ1v) is 9.90. The minimum absolute atomic E-state index is 0.363. The van der Waals surface area contributed by atoms with Crippen molar-refractivity contribution >= 4 is 17.7 Å². The van der Waals surface area contributed by atoms with Crippen molar-refractivity contribution in [3.63, 3.8) is 0 Å². The Morgan fingerprint density at radius 1 is 0.704 bits per heavy atom. The summed E-state index contributed by atoms with van der Waals surface area (Å²) in [5, 5.41) is 0. The van der Waals surface area contributed by atoms with Crippen LogP contribution in [0, 0.1) is 5.92 Å². The standard InChI is InChI=1S/C27H24/c1-18(2)26-17-21-11-5-6-13-24(21)27(26)25-14-8-7-12-23(25)22-15-19-9-3-4-10-20(19)16-22/h3-15,17-18,27H,16H2,1-2H3. The smallest absolute Gasteiger partial charge is 0.0316 e. The molecule has 0 nitrogen and oxygen atoms in total. The highest BCUT2D eigenvalue weighted by atomic mass is 14.3. The first kappa shape index (κ1) is 16.3. The second kappa shape index (κ2) is 6.39. The minimum atomic E-state index is 0.363. The summed E-state index contributed by atoms with van der Waals surface area (Å²) in [4.78, 5) is 0. The molecular formula is C27H24. The minimum Gasteiger partial charge on any atom is -0.0619 e. The van der Waals surface area contributed by atoms with Crippen LogP contribution in [0.1, 0.15) is 53.1 Å². The molecule has 1 atom stereocenters. The second-order valence-corrected chi connectivity index (χ2v) is 7.99. The van der Waals surface area contributed by atoms with Crippen molar-refractivity contribution in [1.29, 1.82) is 0 Å². The topological polar surface area (TPSA) is 0 Å². The number of allylic oxidation sites excluding steroid dienone is 2. The van der Waals surface area contributed by atoms with Crippen LogP contribution in [0.3, 0.4) is 0 Å². The third kappa shape index (κ3) is 2.68. The third-order valence-electron chi connectivity index (χ3n) is 6.01. The van der Waals surface area contributed by atoms with Crippen LogP contribution < -0.4 is 0 Å². The zero-order valence-electron chi connectivity index (χ0n) is 15.9. The normalized spacial score (nSPS) is 17.5. The molecule has 1 unspecified atom stereocenters. The van der Waals surface area contributed by atoms with E-state index in [1.807, 2.05) is 0 Å². The first-order chi connectivity index (χ1) is 13.2. The highest BCUT2D eigenvalue weighted by Crippen LogP contribution is 2.47. The molecule has 0 spiro atoms. The van der Waals surface area contributed by atoms with Crippen molar-refractivity contribution in [3.8, 4) is 0 Å². The van der Waals surface area contributed by atoms with E-state index < -0.39 is 0 Å². The summed E-state index contributed by atoms with van der Waals surface area (Å²) in [5.41, 5.74) is 11.5. The first-order valence-electron chi connectivity index (χ1n) is 9.90. The molecule has 3 aromatic carbocycles. The Morgan fingerprint density at radius 2 is 1.37 bits per heavy atom. The van der Waals surface area contributed by atoms with Gasteiger partial charge in [0.25, 0.3) is 0 Å². The Bertz CT molecular complexity index is 1080. The summed E-state index contributed by atoms with van der Waals surface area (Å²) in [7, 11) is 0. The maximum Gasteiger partial charge on any atom is 0.0316 e. The van der Waals surface area contributed by atoms with Crippen molar-refractivity contribution in [2.75, 3.05) is 0 Å². The lowest BCUT2D eigenvalue weighted by Gasteiger charge is -2.23. The van der Waals surface area contributed by atoms with Crippen LogP contribution in [0.15, 0.2) is 78.4 Å². The fourth-order valence-corrected chi connectivity index (χ4v) is 4.69. The fraction of sp³-hybridized carbons (Fsp3) is 0.185. The maximum absolute atomic E-state index is 2.42. The molecule has 5 rings (SSSR count). The monoisotopic (exact) mass is 348 g/mol. The Kier molecular flexibility index (Phi) is 3.86. The number of benzene rings is 3. The van der Waals surface area contributed by atoms with Gasteiger partial charge in [0, 0.05) is 5.92 Å². The van der Waals surface area contributed by atoms with E-state index >= 15 is 0 Å². The van der Waals surface area contributed by atoms with Crippen molar-refractivity contribution in [2.24, 2.45) is 5.92 Å². The number of fused-ring (bicyclic) bond motifs is 2. The van der Waals surface area contributed by atoms with Gasteiger partial charge in [-0.2, -0.15) is 0 Å². The maximum atomic E-state index is 2.42. The van der Waals surface area contributed by atoms with Crippen molar-refractivity contribution in [3.05, 3.63) is 112 Å². The van der Waals surface area contributed by atoms with Crippen molar-refractivity contribution in [2.45, 2.75) is 26.2 Å². The lowest BCUT2D eigenvalue weighted by Crippen LogP contribution is -2.08. The lowest BCUT2D eigenvalue weighted by atomic mass is 9.80.